The molecule has 5 heteroatoms. The number of allylic oxidation sites excluding steroid dienone is 5. The van der Waals surface area contributed by atoms with Gasteiger partial charge >= 0.3 is 0 Å². The number of aryl methyl sites for hydroxylation is 1. The van der Waals surface area contributed by atoms with Crippen molar-refractivity contribution in [2.75, 3.05) is 6.61 Å². The largest absolute Gasteiger partial charge is 0.374 e. The fraction of sp³-hybridized carbons (Fsp3) is 0.355. The number of hydrogen-bond acceptors (Lipinski definition) is 4. The summed E-state index contributed by atoms with van der Waals surface area (Å²) in [6, 6.07) is 10.3. The molecule has 0 aliphatic carbocycles. The lowest BCUT2D eigenvalue weighted by molar-refractivity contribution is 0.0857. The van der Waals surface area contributed by atoms with Gasteiger partial charge in [-0.1, -0.05) is 54.2 Å². The number of nitrogens with zero attached hydrogens (tertiary/aromatic N) is 2. The molecule has 3 rings (SSSR count). The average molecular weight is 485 g/mol. The van der Waals surface area contributed by atoms with Crippen molar-refractivity contribution >= 4 is 28.4 Å². The average Bonchev–Trinajstić information content (AvgIpc) is 3.21. The maximum atomic E-state index is 8.28. The summed E-state index contributed by atoms with van der Waals surface area (Å²) >= 11 is 0. The number of hydrogen-bond donors (Lipinski definition) is 2. The summed E-state index contributed by atoms with van der Waals surface area (Å²) in [5.74, 6) is 0. The van der Waals surface area contributed by atoms with Crippen LogP contribution >= 0.6 is 0 Å². The third kappa shape index (κ3) is 8.74. The molecule has 36 heavy (non-hydrogen) atoms. The Kier molecular flexibility index (Phi) is 10.9. The van der Waals surface area contributed by atoms with E-state index >= 15 is 0 Å². The zero-order chi connectivity index (χ0) is 25.8. The molecule has 1 aromatic heterocycles. The van der Waals surface area contributed by atoms with Crippen LogP contribution < -0.4 is 5.73 Å². The number of nitrogens with two attached hydrogens (primary N) is 1. The van der Waals surface area contributed by atoms with Crippen LogP contribution in [0.2, 0.25) is 0 Å². The number of rotatable bonds is 14. The van der Waals surface area contributed by atoms with Crippen molar-refractivity contribution in [1.29, 1.82) is 5.41 Å². The van der Waals surface area contributed by atoms with E-state index in [0.29, 0.717) is 18.7 Å². The fourth-order valence-corrected chi connectivity index (χ4v) is 4.19. The summed E-state index contributed by atoms with van der Waals surface area (Å²) in [4.78, 5) is 4.41. The van der Waals surface area contributed by atoms with Crippen molar-refractivity contribution in [3.05, 3.63) is 90.8 Å². The van der Waals surface area contributed by atoms with Gasteiger partial charge in [-0.2, -0.15) is 0 Å². The van der Waals surface area contributed by atoms with Crippen molar-refractivity contribution in [2.45, 2.75) is 57.6 Å². The van der Waals surface area contributed by atoms with Crippen molar-refractivity contribution in [3.63, 3.8) is 0 Å². The highest BCUT2D eigenvalue weighted by Crippen LogP contribution is 2.19. The molecule has 2 aromatic rings. The number of ether oxygens (including phenoxy) is 1. The lowest BCUT2D eigenvalue weighted by atomic mass is 10.1. The van der Waals surface area contributed by atoms with Gasteiger partial charge in [0.1, 0.15) is 0 Å². The van der Waals surface area contributed by atoms with Crippen LogP contribution in [0.25, 0.3) is 17.0 Å². The van der Waals surface area contributed by atoms with E-state index in [1.54, 1.807) is 0 Å². The van der Waals surface area contributed by atoms with Crippen LogP contribution in [0.5, 0.6) is 0 Å². The molecule has 1 aromatic carbocycles. The normalized spacial score (nSPS) is 16.1. The second-order valence-electron chi connectivity index (χ2n) is 9.31. The molecule has 0 bridgehead atoms. The Morgan fingerprint density at radius 2 is 2.14 bits per heavy atom. The third-order valence-corrected chi connectivity index (χ3v) is 6.37. The number of nitrogens with one attached hydrogen (secondary N) is 1. The highest BCUT2D eigenvalue weighted by molar-refractivity contribution is 5.93. The van der Waals surface area contributed by atoms with Gasteiger partial charge in [0, 0.05) is 60.2 Å². The Hall–Kier alpha value is -3.28. The van der Waals surface area contributed by atoms with Gasteiger partial charge in [-0.05, 0) is 56.9 Å². The van der Waals surface area contributed by atoms with Crippen LogP contribution in [0, 0.1) is 5.41 Å². The molecule has 2 heterocycles. The fourth-order valence-electron chi connectivity index (χ4n) is 4.19. The first-order valence-corrected chi connectivity index (χ1v) is 12.8. The minimum absolute atomic E-state index is 0.0441. The van der Waals surface area contributed by atoms with E-state index in [2.05, 4.69) is 60.5 Å². The van der Waals surface area contributed by atoms with Crippen LogP contribution in [-0.2, 0) is 11.8 Å². The molecule has 190 valence electrons. The lowest BCUT2D eigenvalue weighted by Crippen LogP contribution is -2.20. The number of fused-ring (bicyclic) bond motifs is 1. The van der Waals surface area contributed by atoms with Gasteiger partial charge in [0.05, 0.1) is 12.7 Å². The van der Waals surface area contributed by atoms with Gasteiger partial charge in [0.2, 0.25) is 0 Å². The zero-order valence-electron chi connectivity index (χ0n) is 21.7. The van der Waals surface area contributed by atoms with Crippen molar-refractivity contribution in [3.8, 4) is 0 Å². The van der Waals surface area contributed by atoms with Crippen LogP contribution in [0.1, 0.15) is 51.1 Å². The van der Waals surface area contributed by atoms with Crippen LogP contribution in [0.3, 0.4) is 0 Å². The Morgan fingerprint density at radius 1 is 1.31 bits per heavy atom. The first-order chi connectivity index (χ1) is 17.5. The van der Waals surface area contributed by atoms with Gasteiger partial charge in [-0.3, -0.25) is 4.99 Å². The molecule has 5 nitrogen and oxygen atoms in total. The monoisotopic (exact) mass is 484 g/mol. The number of para-hydroxylation sites is 1. The maximum Gasteiger partial charge on any atom is 0.0756 e. The predicted molar refractivity (Wildman–Crippen MR) is 155 cm³/mol. The molecule has 0 saturated heterocycles. The van der Waals surface area contributed by atoms with Crippen LogP contribution in [0.15, 0.2) is 90.1 Å². The number of aromatic nitrogens is 1. The Labute approximate surface area is 216 Å². The summed E-state index contributed by atoms with van der Waals surface area (Å²) in [7, 11) is 2.06. The summed E-state index contributed by atoms with van der Waals surface area (Å²) in [6.45, 7) is 6.65. The smallest absolute Gasteiger partial charge is 0.0756 e. The molecule has 0 saturated carbocycles. The second-order valence-corrected chi connectivity index (χ2v) is 9.31. The molecule has 3 N–H and O–H groups in total. The lowest BCUT2D eigenvalue weighted by Gasteiger charge is -2.14. The molecule has 0 spiro atoms. The van der Waals surface area contributed by atoms with Gasteiger partial charge in [-0.25, -0.2) is 0 Å². The van der Waals surface area contributed by atoms with E-state index in [1.807, 2.05) is 48.7 Å². The van der Waals surface area contributed by atoms with Gasteiger partial charge in [0.25, 0.3) is 0 Å². The molecule has 0 fully saturated rings. The van der Waals surface area contributed by atoms with E-state index in [4.69, 9.17) is 15.9 Å². The molecular formula is C31H40N4O. The highest BCUT2D eigenvalue weighted by atomic mass is 16.5. The first kappa shape index (κ1) is 27.3. The molecule has 1 aliphatic rings. The predicted octanol–water partition coefficient (Wildman–Crippen LogP) is 6.92. The zero-order valence-corrected chi connectivity index (χ0v) is 21.7. The van der Waals surface area contributed by atoms with Gasteiger partial charge < -0.3 is 20.4 Å². The third-order valence-electron chi connectivity index (χ3n) is 6.37. The SMILES string of the molecule is C=CC(CC/C=C(C)/C=C/C(=N)CC(N)/C=C/c1cc2ccccc2n1C)OCCC1=NC=CCC1. The van der Waals surface area contributed by atoms with E-state index in [9.17, 15) is 0 Å². The summed E-state index contributed by atoms with van der Waals surface area (Å²) in [5.41, 5.74) is 11.4. The van der Waals surface area contributed by atoms with E-state index in [0.717, 1.165) is 43.4 Å². The maximum absolute atomic E-state index is 8.28. The van der Waals surface area contributed by atoms with Gasteiger partial charge in [0.15, 0.2) is 0 Å². The minimum Gasteiger partial charge on any atom is -0.374 e. The van der Waals surface area contributed by atoms with Crippen LogP contribution in [0.4, 0.5) is 0 Å². The summed E-state index contributed by atoms with van der Waals surface area (Å²) in [5, 5.41) is 9.49. The van der Waals surface area contributed by atoms with Crippen molar-refractivity contribution in [2.24, 2.45) is 17.8 Å². The van der Waals surface area contributed by atoms with E-state index in [1.165, 1.54) is 16.6 Å². The van der Waals surface area contributed by atoms with Crippen LogP contribution in [-0.4, -0.2) is 34.7 Å². The highest BCUT2D eigenvalue weighted by Gasteiger charge is 2.07. The Balaban J connectivity index is 1.39. The minimum atomic E-state index is -0.203. The molecule has 1 aliphatic heterocycles. The number of benzene rings is 1. The first-order valence-electron chi connectivity index (χ1n) is 12.8. The molecular weight excluding hydrogens is 444 g/mol. The molecule has 0 amide bonds. The number of aliphatic imine (C=N–C) groups is 1. The molecule has 2 atom stereocenters. The van der Waals surface area contributed by atoms with Crippen molar-refractivity contribution < 1.29 is 4.74 Å². The Bertz CT molecular complexity index is 1180. The quantitative estimate of drug-likeness (QED) is 0.173. The van der Waals surface area contributed by atoms with Gasteiger partial charge in [-0.15, -0.1) is 6.58 Å². The summed E-state index contributed by atoms with van der Waals surface area (Å²) in [6.07, 6.45) is 21.2. The Morgan fingerprint density at radius 3 is 2.89 bits per heavy atom. The standard InChI is InChI=1S/C31H40N4O/c1-4-30(36-21-19-28-12-7-8-20-34-28)13-9-10-24(2)15-16-26(32)23-27(33)17-18-29-22-25-11-5-6-14-31(25)35(29)3/h4-6,8,10-11,14-18,20,22,27,30,32H,1,7,9,12-13,19,21,23,33H2,2-3H3/b16-15+,18-17+,24-10+,32-26?. The van der Waals surface area contributed by atoms with E-state index < -0.39 is 0 Å². The van der Waals surface area contributed by atoms with Crippen molar-refractivity contribution in [1.82, 2.24) is 4.57 Å². The molecule has 0 radical (unpaired) electrons. The second kappa shape index (κ2) is 14.3. The topological polar surface area (TPSA) is 76.4 Å². The van der Waals surface area contributed by atoms with E-state index in [-0.39, 0.29) is 12.1 Å². The molecule has 2 unspecified atom stereocenters. The summed E-state index contributed by atoms with van der Waals surface area (Å²) < 4.78 is 8.13.